The Morgan fingerprint density at radius 3 is 0.685 bits per heavy atom. The van der Waals surface area contributed by atoms with Crippen LogP contribution in [0.1, 0.15) is 134 Å². The first-order chi connectivity index (χ1) is 61.8. The Morgan fingerprint density at radius 1 is 0.192 bits per heavy atom. The summed E-state index contributed by atoms with van der Waals surface area (Å²) in [4.78, 5) is 47.3. The second-order valence-corrected chi connectivity index (χ2v) is 38.5. The molecule has 0 fully saturated rings. The second-order valence-electron chi connectivity index (χ2n) is 38.5. The van der Waals surface area contributed by atoms with Crippen LogP contribution in [0.4, 0.5) is 0 Å². The minimum Gasteiger partial charge on any atom is -0.657 e. The average Bonchev–Trinajstić information content (AvgIpc) is 1.53. The van der Waals surface area contributed by atoms with E-state index in [4.69, 9.17) is 29.9 Å². The first kappa shape index (κ1) is 81.8. The maximum absolute atomic E-state index is 5.35. The molecule has 25 rings (SSSR count). The fourth-order valence-corrected chi connectivity index (χ4v) is 20.9. The van der Waals surface area contributed by atoms with Gasteiger partial charge in [-0.1, -0.05) is 36.4 Å². The Labute approximate surface area is 767 Å². The molecule has 0 spiro atoms. The van der Waals surface area contributed by atoms with Gasteiger partial charge in [0.25, 0.3) is 0 Å². The molecule has 0 atom stereocenters. The number of aryl methyl sites for hydroxylation is 22. The van der Waals surface area contributed by atoms with Crippen LogP contribution in [-0.2, 0) is 23.5 Å². The van der Waals surface area contributed by atoms with E-state index in [9.17, 15) is 0 Å². The molecular formula is C119H102CuN10. The van der Waals surface area contributed by atoms with Crippen molar-refractivity contribution in [2.75, 3.05) is 0 Å². The van der Waals surface area contributed by atoms with Gasteiger partial charge in [0.2, 0.25) is 0 Å². The third-order valence-electron chi connectivity index (χ3n) is 30.0. The molecule has 8 aromatic heterocycles. The molecule has 0 saturated carbocycles. The predicted octanol–water partition coefficient (Wildman–Crippen LogP) is 31.1. The van der Waals surface area contributed by atoms with Crippen molar-refractivity contribution >= 4 is 131 Å². The van der Waals surface area contributed by atoms with Gasteiger partial charge in [-0.05, 0) is 465 Å². The molecule has 12 heterocycles. The molecule has 639 valence electrons. The van der Waals surface area contributed by atoms with Crippen LogP contribution in [0.2, 0.25) is 0 Å². The molecule has 0 saturated heterocycles. The molecule has 16 bridgehead atoms. The molecule has 1 radical (unpaired) electrons. The fourth-order valence-electron chi connectivity index (χ4n) is 20.9. The summed E-state index contributed by atoms with van der Waals surface area (Å²) in [6, 6.07) is 68.5. The smallest absolute Gasteiger partial charge is 0.657 e. The molecule has 0 unspecified atom stereocenters. The van der Waals surface area contributed by atoms with E-state index < -0.39 is 0 Å². The predicted molar refractivity (Wildman–Crippen MR) is 545 cm³/mol. The van der Waals surface area contributed by atoms with Crippen molar-refractivity contribution in [2.24, 2.45) is 0 Å². The molecule has 4 N–H and O–H groups in total. The number of rotatable bonds is 0. The van der Waals surface area contributed by atoms with E-state index in [1.165, 1.54) is 232 Å². The van der Waals surface area contributed by atoms with Gasteiger partial charge in [-0.2, -0.15) is 0 Å². The standard InChI is InChI=1S/C44H38N4.C44H36N4.C31H28N2.Cu/c2*1-21-9-29-30(10-22(21)2)38-18-40-33-13-25(5)26(6)14-34(33)42(47-40)20-44-36-16-28(8)27(7)15-35(36)43(48-44)19-41-32-12-24(4)23(3)11-31(32)39(46-41)17-37(29)45-38;1-14-7-20-13-24-27(21(20)8-15(14)2)30-29(23-10-17(4)19(6)12-26(23)33-30)31-28(24)22-9-16(3)18(5)11-25(22)32-31;/h9-20,45,48H,1-8H3;9-20H,1-8H3;7-12,32-33H,13H2,1-6H3;/q;-2;;+2. The minimum absolute atomic E-state index is 0. The summed E-state index contributed by atoms with van der Waals surface area (Å²) in [7, 11) is 0. The quantitative estimate of drug-likeness (QED) is 0.111. The summed E-state index contributed by atoms with van der Waals surface area (Å²) >= 11 is 0. The van der Waals surface area contributed by atoms with E-state index in [-0.39, 0.29) is 17.1 Å². The Hall–Kier alpha value is -14.0. The van der Waals surface area contributed by atoms with Crippen molar-refractivity contribution in [3.63, 3.8) is 0 Å². The van der Waals surface area contributed by atoms with E-state index >= 15 is 0 Å². The minimum atomic E-state index is 0. The zero-order chi connectivity index (χ0) is 89.1. The van der Waals surface area contributed by atoms with Gasteiger partial charge in [-0.3, -0.25) is 0 Å². The Morgan fingerprint density at radius 2 is 0.400 bits per heavy atom. The van der Waals surface area contributed by atoms with Crippen molar-refractivity contribution in [3.8, 4) is 101 Å². The number of nitrogens with zero attached hydrogens (tertiary/aromatic N) is 6. The molecule has 0 amide bonds. The molecular weight excluding hydrogens is 1630 g/mol. The summed E-state index contributed by atoms with van der Waals surface area (Å²) in [6.45, 7) is 48.2. The second kappa shape index (κ2) is 29.5. The zero-order valence-electron chi connectivity index (χ0n) is 78.0. The van der Waals surface area contributed by atoms with Gasteiger partial charge >= 0.3 is 17.1 Å². The third-order valence-corrected chi connectivity index (χ3v) is 30.0. The number of H-pyrrole nitrogens is 4. The van der Waals surface area contributed by atoms with Gasteiger partial charge in [-0.25, -0.2) is 19.9 Å². The summed E-state index contributed by atoms with van der Waals surface area (Å²) in [5.74, 6) is 0. The van der Waals surface area contributed by atoms with Gasteiger partial charge in [0, 0.05) is 126 Å². The third kappa shape index (κ3) is 12.8. The van der Waals surface area contributed by atoms with Crippen molar-refractivity contribution in [1.82, 2.24) is 49.8 Å². The zero-order valence-corrected chi connectivity index (χ0v) is 79.0. The van der Waals surface area contributed by atoms with Crippen LogP contribution in [0.5, 0.6) is 0 Å². The Balaban J connectivity index is 0.000000116. The molecule has 11 heteroatoms. The van der Waals surface area contributed by atoms with Crippen molar-refractivity contribution in [1.29, 1.82) is 0 Å². The van der Waals surface area contributed by atoms with E-state index in [0.717, 1.165) is 140 Å². The molecule has 20 aromatic rings. The van der Waals surface area contributed by atoms with Crippen molar-refractivity contribution in [2.45, 2.75) is 159 Å². The maximum Gasteiger partial charge on any atom is 2.00 e. The SMILES string of the molecule is Cc1cc2c(cc1C)-c1c(c3c4cc(C)c(C)cc4[nH]c3c3c1[nH]c1cc(C)c(C)cc13)C2.Cc1cc2c(cc1C)-c1cc3[n-]c(cc4nc(cc5[n-]c(cc-2n1)c1cc(C)c(C)cc51)-c1cc(C)c(C)cc1-4)c1cc(C)c(C)cc31.Cc1cc2c(cc1C)-c1cc3[nH]c(cc4nc(cc5[nH]c(cc-2n1)c1cc(C)c(C)cc51)-c1cc(C)c(C)cc1-4)c1cc(C)c(C)cc31.[Cu+2]. The van der Waals surface area contributed by atoms with Crippen LogP contribution >= 0.6 is 0 Å². The van der Waals surface area contributed by atoms with Gasteiger partial charge in [-0.15, -0.1) is 22.1 Å². The number of nitrogens with one attached hydrogen (secondary N) is 4. The topological polar surface area (TPSA) is 143 Å². The van der Waals surface area contributed by atoms with Crippen LogP contribution in [-0.4, -0.2) is 39.9 Å². The van der Waals surface area contributed by atoms with E-state index in [1.54, 1.807) is 0 Å². The molecule has 130 heavy (non-hydrogen) atoms. The summed E-state index contributed by atoms with van der Waals surface area (Å²) < 4.78 is 0. The number of hydrogen-bond acceptors (Lipinski definition) is 4. The van der Waals surface area contributed by atoms with Crippen LogP contribution in [0.15, 0.2) is 182 Å². The maximum atomic E-state index is 5.35. The van der Waals surface area contributed by atoms with Crippen LogP contribution in [0.25, 0.3) is 232 Å². The van der Waals surface area contributed by atoms with E-state index in [1.807, 2.05) is 0 Å². The van der Waals surface area contributed by atoms with Gasteiger partial charge in [0.05, 0.1) is 56.6 Å². The number of aromatic nitrogens is 10. The average molecular weight is 1740 g/mol. The monoisotopic (exact) mass is 1730 g/mol. The number of aromatic amines is 4. The Bertz CT molecular complexity index is 7860. The van der Waals surface area contributed by atoms with Gasteiger partial charge in [0.15, 0.2) is 0 Å². The Kier molecular flexibility index (Phi) is 18.6. The summed E-state index contributed by atoms with van der Waals surface area (Å²) in [5.41, 5.74) is 63.7. The summed E-state index contributed by atoms with van der Waals surface area (Å²) in [5, 5.41) is 14.7. The molecule has 10 nitrogen and oxygen atoms in total. The first-order valence-electron chi connectivity index (χ1n) is 45.5. The van der Waals surface area contributed by atoms with Crippen LogP contribution in [0.3, 0.4) is 0 Å². The number of fused-ring (bicyclic) bond motifs is 52. The van der Waals surface area contributed by atoms with Gasteiger partial charge < -0.3 is 29.9 Å². The van der Waals surface area contributed by atoms with Crippen LogP contribution in [0, 0.1) is 152 Å². The molecule has 12 aromatic carbocycles. The van der Waals surface area contributed by atoms with Crippen molar-refractivity contribution < 1.29 is 17.1 Å². The van der Waals surface area contributed by atoms with E-state index in [2.05, 4.69) is 354 Å². The number of benzene rings is 12. The molecule has 1 aliphatic carbocycles. The molecule has 4 aliphatic heterocycles. The van der Waals surface area contributed by atoms with Crippen LogP contribution < -0.4 is 9.97 Å². The first-order valence-corrected chi connectivity index (χ1v) is 45.5. The van der Waals surface area contributed by atoms with Gasteiger partial charge in [0.1, 0.15) is 0 Å². The fraction of sp³-hybridized carbons (Fsp3) is 0.193. The van der Waals surface area contributed by atoms with Crippen molar-refractivity contribution in [3.05, 3.63) is 316 Å². The number of hydrogen-bond donors (Lipinski definition) is 4. The largest absolute Gasteiger partial charge is 2.00 e. The molecule has 5 aliphatic rings. The van der Waals surface area contributed by atoms with E-state index in [0.29, 0.717) is 0 Å². The normalized spacial score (nSPS) is 12.3. The summed E-state index contributed by atoms with van der Waals surface area (Å²) in [6.07, 6.45) is 0.992.